The van der Waals surface area contributed by atoms with E-state index in [-0.39, 0.29) is 18.5 Å². The summed E-state index contributed by atoms with van der Waals surface area (Å²) in [6.07, 6.45) is 3.30. The van der Waals surface area contributed by atoms with Crippen molar-refractivity contribution in [3.8, 4) is 0 Å². The van der Waals surface area contributed by atoms with Crippen LogP contribution in [0.25, 0.3) is 0 Å². The van der Waals surface area contributed by atoms with Crippen LogP contribution in [0.15, 0.2) is 0 Å². The highest BCUT2D eigenvalue weighted by molar-refractivity contribution is 5.80. The zero-order chi connectivity index (χ0) is 15.0. The fraction of sp³-hybridized carbons (Fsp3) is 0.857. The number of carbonyl (C=O) groups is 2. The van der Waals surface area contributed by atoms with Gasteiger partial charge in [0.15, 0.2) is 0 Å². The van der Waals surface area contributed by atoms with Gasteiger partial charge in [-0.2, -0.15) is 0 Å². The van der Waals surface area contributed by atoms with Crippen LogP contribution in [0.4, 0.5) is 4.79 Å². The van der Waals surface area contributed by atoms with Gasteiger partial charge in [-0.3, -0.25) is 4.79 Å². The Hall–Kier alpha value is -1.30. The Balaban J connectivity index is 2.13. The van der Waals surface area contributed by atoms with Gasteiger partial charge in [-0.1, -0.05) is 13.8 Å². The second kappa shape index (κ2) is 8.79. The van der Waals surface area contributed by atoms with E-state index < -0.39 is 5.97 Å². The Morgan fingerprint density at radius 2 is 2.10 bits per heavy atom. The van der Waals surface area contributed by atoms with Gasteiger partial charge in [-0.25, -0.2) is 4.79 Å². The van der Waals surface area contributed by atoms with Gasteiger partial charge < -0.3 is 20.1 Å². The fourth-order valence-corrected chi connectivity index (χ4v) is 1.84. The first kappa shape index (κ1) is 16.8. The first-order valence-corrected chi connectivity index (χ1v) is 7.31. The normalized spacial score (nSPS) is 14.3. The molecule has 0 aromatic rings. The number of carboxylic acid groups (broad SMARTS) is 1. The molecule has 0 spiro atoms. The third kappa shape index (κ3) is 7.99. The lowest BCUT2D eigenvalue weighted by molar-refractivity contribution is -0.137. The van der Waals surface area contributed by atoms with E-state index in [1.807, 2.05) is 13.8 Å². The standard InChI is InChI=1S/C14H26N2O4/c1-11(2)8-16(9-13(17)18)14(19)15-6-3-7-20-10-12-4-5-12/h11-12H,3-10H2,1-2H3,(H,15,19)(H,17,18). The minimum Gasteiger partial charge on any atom is -0.480 e. The molecule has 1 aliphatic carbocycles. The summed E-state index contributed by atoms with van der Waals surface area (Å²) >= 11 is 0. The molecular formula is C14H26N2O4. The fourth-order valence-electron chi connectivity index (χ4n) is 1.84. The highest BCUT2D eigenvalue weighted by Gasteiger charge is 2.21. The predicted molar refractivity (Wildman–Crippen MR) is 75.6 cm³/mol. The van der Waals surface area contributed by atoms with E-state index in [2.05, 4.69) is 5.32 Å². The summed E-state index contributed by atoms with van der Waals surface area (Å²) in [4.78, 5) is 23.9. The third-order valence-electron chi connectivity index (χ3n) is 2.99. The van der Waals surface area contributed by atoms with Gasteiger partial charge in [0.25, 0.3) is 0 Å². The molecule has 6 heteroatoms. The Labute approximate surface area is 120 Å². The van der Waals surface area contributed by atoms with Crippen LogP contribution in [-0.2, 0) is 9.53 Å². The zero-order valence-corrected chi connectivity index (χ0v) is 12.4. The molecule has 2 N–H and O–H groups in total. The monoisotopic (exact) mass is 286 g/mol. The van der Waals surface area contributed by atoms with Crippen LogP contribution in [0.1, 0.15) is 33.1 Å². The largest absolute Gasteiger partial charge is 0.480 e. The molecule has 0 heterocycles. The number of urea groups is 1. The molecule has 0 aliphatic heterocycles. The Morgan fingerprint density at radius 3 is 2.65 bits per heavy atom. The summed E-state index contributed by atoms with van der Waals surface area (Å²) in [5, 5.41) is 11.5. The number of hydrogen-bond donors (Lipinski definition) is 2. The third-order valence-corrected chi connectivity index (χ3v) is 2.99. The maximum Gasteiger partial charge on any atom is 0.323 e. The first-order valence-electron chi connectivity index (χ1n) is 7.31. The number of nitrogens with zero attached hydrogens (tertiary/aromatic N) is 1. The van der Waals surface area contributed by atoms with Gasteiger partial charge in [-0.15, -0.1) is 0 Å². The number of aliphatic carboxylic acids is 1. The van der Waals surface area contributed by atoms with Crippen molar-refractivity contribution in [2.24, 2.45) is 11.8 Å². The zero-order valence-electron chi connectivity index (χ0n) is 12.4. The van der Waals surface area contributed by atoms with Crippen LogP contribution >= 0.6 is 0 Å². The van der Waals surface area contributed by atoms with Crippen LogP contribution in [0.2, 0.25) is 0 Å². The Morgan fingerprint density at radius 1 is 1.40 bits per heavy atom. The molecule has 0 radical (unpaired) electrons. The van der Waals surface area contributed by atoms with E-state index in [1.54, 1.807) is 0 Å². The smallest absolute Gasteiger partial charge is 0.323 e. The van der Waals surface area contributed by atoms with Crippen LogP contribution in [0, 0.1) is 11.8 Å². The van der Waals surface area contributed by atoms with Crippen LogP contribution < -0.4 is 5.32 Å². The average Bonchev–Trinajstić information content (AvgIpc) is 3.15. The molecule has 1 saturated carbocycles. The summed E-state index contributed by atoms with van der Waals surface area (Å²) in [6, 6.07) is -0.316. The molecule has 6 nitrogen and oxygen atoms in total. The lowest BCUT2D eigenvalue weighted by Gasteiger charge is -2.23. The molecule has 0 aromatic carbocycles. The van der Waals surface area contributed by atoms with Crippen LogP contribution in [0.5, 0.6) is 0 Å². The van der Waals surface area contributed by atoms with Crippen molar-refractivity contribution in [1.82, 2.24) is 10.2 Å². The topological polar surface area (TPSA) is 78.9 Å². The summed E-state index contributed by atoms with van der Waals surface area (Å²) in [5.74, 6) is -0.00256. The molecule has 1 fully saturated rings. The van der Waals surface area contributed by atoms with Crippen molar-refractivity contribution in [1.29, 1.82) is 0 Å². The molecule has 116 valence electrons. The quantitative estimate of drug-likeness (QED) is 0.597. The first-order chi connectivity index (χ1) is 9.49. The van der Waals surface area contributed by atoms with Gasteiger partial charge in [0, 0.05) is 26.3 Å². The number of ether oxygens (including phenoxy) is 1. The van der Waals surface area contributed by atoms with Gasteiger partial charge in [-0.05, 0) is 31.1 Å². The minimum absolute atomic E-state index is 0.238. The van der Waals surface area contributed by atoms with E-state index in [0.29, 0.717) is 19.7 Å². The van der Waals surface area contributed by atoms with E-state index in [4.69, 9.17) is 9.84 Å². The minimum atomic E-state index is -0.992. The van der Waals surface area contributed by atoms with E-state index >= 15 is 0 Å². The van der Waals surface area contributed by atoms with Gasteiger partial charge in [0.1, 0.15) is 6.54 Å². The number of amides is 2. The highest BCUT2D eigenvalue weighted by atomic mass is 16.5. The van der Waals surface area contributed by atoms with Crippen LogP contribution in [-0.4, -0.2) is 54.9 Å². The summed E-state index contributed by atoms with van der Waals surface area (Å²) in [5.41, 5.74) is 0. The summed E-state index contributed by atoms with van der Waals surface area (Å²) in [6.45, 7) is 6.06. The van der Waals surface area contributed by atoms with E-state index in [9.17, 15) is 9.59 Å². The predicted octanol–water partition coefficient (Wildman–Crippen LogP) is 1.56. The SMILES string of the molecule is CC(C)CN(CC(=O)O)C(=O)NCCCOCC1CC1. The lowest BCUT2D eigenvalue weighted by Crippen LogP contribution is -2.44. The molecule has 0 saturated heterocycles. The van der Waals surface area contributed by atoms with Gasteiger partial charge >= 0.3 is 12.0 Å². The number of carboxylic acids is 1. The second-order valence-corrected chi connectivity index (χ2v) is 5.77. The second-order valence-electron chi connectivity index (χ2n) is 5.77. The average molecular weight is 286 g/mol. The molecule has 0 unspecified atom stereocenters. The molecule has 0 aromatic heterocycles. The molecule has 1 aliphatic rings. The Bertz CT molecular complexity index is 316. The molecule has 2 amide bonds. The molecule has 0 atom stereocenters. The van der Waals surface area contributed by atoms with Gasteiger partial charge in [0.2, 0.25) is 0 Å². The van der Waals surface area contributed by atoms with Crippen molar-refractivity contribution in [2.75, 3.05) is 32.8 Å². The van der Waals surface area contributed by atoms with Crippen molar-refractivity contribution < 1.29 is 19.4 Å². The van der Waals surface area contributed by atoms with Gasteiger partial charge in [0.05, 0.1) is 0 Å². The highest BCUT2D eigenvalue weighted by Crippen LogP contribution is 2.28. The van der Waals surface area contributed by atoms with Crippen molar-refractivity contribution in [3.05, 3.63) is 0 Å². The number of rotatable bonds is 10. The number of carbonyl (C=O) groups excluding carboxylic acids is 1. The van der Waals surface area contributed by atoms with E-state index in [0.717, 1.165) is 18.9 Å². The number of nitrogens with one attached hydrogen (secondary N) is 1. The maximum absolute atomic E-state index is 11.9. The van der Waals surface area contributed by atoms with E-state index in [1.165, 1.54) is 17.7 Å². The van der Waals surface area contributed by atoms with Crippen molar-refractivity contribution in [2.45, 2.75) is 33.1 Å². The summed E-state index contributed by atoms with van der Waals surface area (Å²) < 4.78 is 5.47. The molecule has 1 rings (SSSR count). The van der Waals surface area contributed by atoms with Crippen molar-refractivity contribution in [3.63, 3.8) is 0 Å². The number of hydrogen-bond acceptors (Lipinski definition) is 3. The molecule has 20 heavy (non-hydrogen) atoms. The molecular weight excluding hydrogens is 260 g/mol. The molecule has 0 bridgehead atoms. The summed E-state index contributed by atoms with van der Waals surface area (Å²) in [7, 11) is 0. The lowest BCUT2D eigenvalue weighted by atomic mass is 10.2. The maximum atomic E-state index is 11.9. The van der Waals surface area contributed by atoms with Crippen LogP contribution in [0.3, 0.4) is 0 Å². The Kier molecular flexibility index (Phi) is 7.36. The van der Waals surface area contributed by atoms with Crippen molar-refractivity contribution >= 4 is 12.0 Å².